The number of amides is 1. The minimum Gasteiger partial charge on any atom is -0.438 e. The second kappa shape index (κ2) is 11.0. The molecular formula is C26H29FN2O4. The van der Waals surface area contributed by atoms with E-state index in [4.69, 9.17) is 10.1 Å². The molecule has 1 amide bonds. The zero-order chi connectivity index (χ0) is 23.8. The van der Waals surface area contributed by atoms with Crippen LogP contribution in [0.25, 0.3) is 5.57 Å². The number of hydrogen-bond donors (Lipinski definition) is 2. The van der Waals surface area contributed by atoms with Crippen molar-refractivity contribution in [3.63, 3.8) is 0 Å². The van der Waals surface area contributed by atoms with Crippen molar-refractivity contribution >= 4 is 24.2 Å². The molecule has 3 rings (SSSR count). The van der Waals surface area contributed by atoms with Gasteiger partial charge in [-0.3, -0.25) is 4.79 Å². The van der Waals surface area contributed by atoms with Gasteiger partial charge in [0.2, 0.25) is 0 Å². The van der Waals surface area contributed by atoms with Crippen LogP contribution in [0.4, 0.5) is 9.18 Å². The Hall–Kier alpha value is -3.32. The minimum absolute atomic E-state index is 0.0238. The highest BCUT2D eigenvalue weighted by atomic mass is 19.1. The van der Waals surface area contributed by atoms with Gasteiger partial charge in [-0.25, -0.2) is 9.18 Å². The third-order valence-electron chi connectivity index (χ3n) is 6.16. The van der Waals surface area contributed by atoms with Gasteiger partial charge in [-0.15, -0.1) is 0 Å². The smallest absolute Gasteiger partial charge is 0.411 e. The van der Waals surface area contributed by atoms with Gasteiger partial charge in [-0.1, -0.05) is 42.5 Å². The number of hydrogen-bond acceptors (Lipinski definition) is 5. The Morgan fingerprint density at radius 3 is 2.52 bits per heavy atom. The van der Waals surface area contributed by atoms with Crippen LogP contribution in [0.15, 0.2) is 54.6 Å². The molecule has 2 N–H and O–H groups in total. The monoisotopic (exact) mass is 452 g/mol. The zero-order valence-corrected chi connectivity index (χ0v) is 18.7. The van der Waals surface area contributed by atoms with E-state index in [1.165, 1.54) is 18.3 Å². The third kappa shape index (κ3) is 5.54. The minimum atomic E-state index is -0.897. The maximum atomic E-state index is 13.4. The molecule has 33 heavy (non-hydrogen) atoms. The van der Waals surface area contributed by atoms with Crippen molar-refractivity contribution in [3.8, 4) is 0 Å². The van der Waals surface area contributed by atoms with Crippen LogP contribution in [0.3, 0.4) is 0 Å². The molecule has 2 aromatic carbocycles. The van der Waals surface area contributed by atoms with Gasteiger partial charge in [0.1, 0.15) is 17.7 Å². The first kappa shape index (κ1) is 24.3. The quantitative estimate of drug-likeness (QED) is 0.301. The molecule has 2 unspecified atom stereocenters. The molecule has 0 aliphatic carbocycles. The molecule has 0 spiro atoms. The van der Waals surface area contributed by atoms with Crippen LogP contribution in [0.5, 0.6) is 0 Å². The standard InChI is InChI=1S/C26H29FN2O4/c1-19(20-5-7-21(8-6-20)22(18-31)4-2-15-28)29-16-14-26(13-3-17-30,33-25(29)32)23-9-11-24(27)12-10-23/h4-12,15,18-19,28,30H,2-3,13-14,16-17H2,1H3/b22-4+,28-15?. The highest BCUT2D eigenvalue weighted by Gasteiger charge is 2.43. The number of nitrogens with zero attached hydrogens (tertiary/aromatic N) is 1. The van der Waals surface area contributed by atoms with E-state index in [-0.39, 0.29) is 18.5 Å². The molecule has 1 fully saturated rings. The number of halogens is 1. The molecular weight excluding hydrogens is 423 g/mol. The number of carbonyl (C=O) groups is 2. The SMILES string of the molecule is CC(c1ccc(/C(C=O)=C/CC=N)cc1)N1CCC(CCCO)(c2ccc(F)cc2)OC1=O. The Bertz CT molecular complexity index is 1000. The van der Waals surface area contributed by atoms with E-state index in [0.29, 0.717) is 37.8 Å². The molecule has 7 heteroatoms. The Labute approximate surface area is 193 Å². The second-order valence-corrected chi connectivity index (χ2v) is 8.15. The normalized spacial score (nSPS) is 19.7. The molecule has 0 saturated carbocycles. The summed E-state index contributed by atoms with van der Waals surface area (Å²) in [7, 11) is 0. The van der Waals surface area contributed by atoms with Crippen LogP contribution in [0.2, 0.25) is 0 Å². The van der Waals surface area contributed by atoms with E-state index in [1.807, 2.05) is 31.2 Å². The van der Waals surface area contributed by atoms with Gasteiger partial charge in [-0.2, -0.15) is 0 Å². The van der Waals surface area contributed by atoms with Crippen molar-refractivity contribution < 1.29 is 23.8 Å². The second-order valence-electron chi connectivity index (χ2n) is 8.15. The van der Waals surface area contributed by atoms with Crippen molar-refractivity contribution in [3.05, 3.63) is 77.1 Å². The maximum Gasteiger partial charge on any atom is 0.411 e. The summed E-state index contributed by atoms with van der Waals surface area (Å²) in [4.78, 5) is 26.1. The lowest BCUT2D eigenvalue weighted by Gasteiger charge is -2.43. The van der Waals surface area contributed by atoms with Gasteiger partial charge < -0.3 is 20.2 Å². The van der Waals surface area contributed by atoms with Gasteiger partial charge in [0.15, 0.2) is 0 Å². The Kier molecular flexibility index (Phi) is 8.11. The number of benzene rings is 2. The lowest BCUT2D eigenvalue weighted by molar-refractivity contribution is -0.103. The number of cyclic esters (lactones) is 1. The van der Waals surface area contributed by atoms with Gasteiger partial charge in [0, 0.05) is 31.6 Å². The third-order valence-corrected chi connectivity index (χ3v) is 6.16. The van der Waals surface area contributed by atoms with Crippen molar-refractivity contribution in [2.24, 2.45) is 0 Å². The number of aliphatic hydroxyl groups is 1. The highest BCUT2D eigenvalue weighted by Crippen LogP contribution is 2.40. The van der Waals surface area contributed by atoms with Gasteiger partial charge >= 0.3 is 6.09 Å². The predicted octanol–water partition coefficient (Wildman–Crippen LogP) is 5.02. The molecule has 0 radical (unpaired) electrons. The van der Waals surface area contributed by atoms with Crippen LogP contribution >= 0.6 is 0 Å². The number of ether oxygens (including phenoxy) is 1. The van der Waals surface area contributed by atoms with E-state index in [2.05, 4.69) is 0 Å². The van der Waals surface area contributed by atoms with Crippen molar-refractivity contribution in [1.82, 2.24) is 4.90 Å². The summed E-state index contributed by atoms with van der Waals surface area (Å²) in [6, 6.07) is 13.1. The lowest BCUT2D eigenvalue weighted by atomic mass is 9.84. The summed E-state index contributed by atoms with van der Waals surface area (Å²) in [6.07, 6.45) is 5.06. The van der Waals surface area contributed by atoms with E-state index >= 15 is 0 Å². The van der Waals surface area contributed by atoms with E-state index < -0.39 is 11.7 Å². The fraction of sp³-hybridized carbons (Fsp3) is 0.346. The Morgan fingerprint density at radius 2 is 1.94 bits per heavy atom. The number of carbonyl (C=O) groups excluding carboxylic acids is 2. The fourth-order valence-electron chi connectivity index (χ4n) is 4.22. The maximum absolute atomic E-state index is 13.4. The van der Waals surface area contributed by atoms with Crippen LogP contribution in [-0.2, 0) is 15.1 Å². The molecule has 2 aromatic rings. The molecule has 1 aliphatic heterocycles. The molecule has 1 saturated heterocycles. The first-order valence-electron chi connectivity index (χ1n) is 11.0. The summed E-state index contributed by atoms with van der Waals surface area (Å²) >= 11 is 0. The van der Waals surface area contributed by atoms with Crippen molar-refractivity contribution in [2.45, 2.75) is 44.2 Å². The van der Waals surface area contributed by atoms with Crippen LogP contribution < -0.4 is 0 Å². The summed E-state index contributed by atoms with van der Waals surface area (Å²) in [6.45, 7) is 2.34. The van der Waals surface area contributed by atoms with Crippen molar-refractivity contribution in [2.75, 3.05) is 13.2 Å². The number of allylic oxidation sites excluding steroid dienone is 2. The number of aldehydes is 1. The summed E-state index contributed by atoms with van der Waals surface area (Å²) in [5, 5.41) is 16.5. The van der Waals surface area contributed by atoms with Crippen molar-refractivity contribution in [1.29, 1.82) is 5.41 Å². The van der Waals surface area contributed by atoms with E-state index in [1.54, 1.807) is 23.1 Å². The molecule has 2 atom stereocenters. The molecule has 1 heterocycles. The lowest BCUT2D eigenvalue weighted by Crippen LogP contribution is -2.48. The summed E-state index contributed by atoms with van der Waals surface area (Å²) in [5.41, 5.74) is 2.00. The molecule has 0 aromatic heterocycles. The molecule has 6 nitrogen and oxygen atoms in total. The summed E-state index contributed by atoms with van der Waals surface area (Å²) in [5.74, 6) is -0.359. The largest absolute Gasteiger partial charge is 0.438 e. The van der Waals surface area contributed by atoms with E-state index in [9.17, 15) is 19.1 Å². The van der Waals surface area contributed by atoms with E-state index in [0.717, 1.165) is 23.0 Å². The zero-order valence-electron chi connectivity index (χ0n) is 18.7. The first-order chi connectivity index (χ1) is 15.9. The Morgan fingerprint density at radius 1 is 1.24 bits per heavy atom. The predicted molar refractivity (Wildman–Crippen MR) is 125 cm³/mol. The molecule has 0 bridgehead atoms. The fourth-order valence-corrected chi connectivity index (χ4v) is 4.22. The van der Waals surface area contributed by atoms with Gasteiger partial charge in [0.25, 0.3) is 0 Å². The number of nitrogens with one attached hydrogen (secondary N) is 1. The molecule has 174 valence electrons. The average molecular weight is 453 g/mol. The topological polar surface area (TPSA) is 90.7 Å². The van der Waals surface area contributed by atoms with Crippen LogP contribution in [-0.4, -0.2) is 41.8 Å². The average Bonchev–Trinajstić information content (AvgIpc) is 2.83. The van der Waals surface area contributed by atoms with Crippen LogP contribution in [0, 0.1) is 11.2 Å². The Balaban J connectivity index is 1.77. The van der Waals surface area contributed by atoms with Gasteiger partial charge in [0.05, 0.1) is 6.04 Å². The van der Waals surface area contributed by atoms with Gasteiger partial charge in [-0.05, 0) is 54.8 Å². The molecule has 1 aliphatic rings. The first-order valence-corrected chi connectivity index (χ1v) is 11.0. The number of aliphatic hydroxyl groups excluding tert-OH is 1. The highest BCUT2D eigenvalue weighted by molar-refractivity contribution is 6.07. The van der Waals surface area contributed by atoms with Crippen LogP contribution in [0.1, 0.15) is 55.3 Å². The summed E-state index contributed by atoms with van der Waals surface area (Å²) < 4.78 is 19.4. The number of rotatable bonds is 10.